The van der Waals surface area contributed by atoms with Gasteiger partial charge >= 0.3 is 0 Å². The molecule has 6 heteroatoms. The summed E-state index contributed by atoms with van der Waals surface area (Å²) in [6, 6.07) is 6.50. The molecule has 0 atom stereocenters. The molecule has 20 heavy (non-hydrogen) atoms. The molecule has 4 nitrogen and oxygen atoms in total. The number of anilines is 1. The monoisotopic (exact) mass is 311 g/mol. The van der Waals surface area contributed by atoms with Crippen LogP contribution in [0, 0.1) is 0 Å². The molecule has 0 aliphatic rings. The topological polar surface area (TPSA) is 57.8 Å². The number of H-pyrrole nitrogens is 1. The fourth-order valence-electron chi connectivity index (χ4n) is 1.64. The van der Waals surface area contributed by atoms with Crippen LogP contribution in [0.2, 0.25) is 10.0 Å². The van der Waals surface area contributed by atoms with E-state index in [-0.39, 0.29) is 11.3 Å². The number of hydrogen-bond acceptors (Lipinski definition) is 2. The predicted molar refractivity (Wildman–Crippen MR) is 81.7 cm³/mol. The minimum absolute atomic E-state index is 0.0602. The summed E-state index contributed by atoms with van der Waals surface area (Å²) in [5.41, 5.74) is 1.27. The number of amides is 1. The number of hydrogen-bond donors (Lipinski definition) is 2. The lowest BCUT2D eigenvalue weighted by Gasteiger charge is -2.14. The normalized spacial score (nSPS) is 11.4. The molecule has 0 bridgehead atoms. The van der Waals surface area contributed by atoms with E-state index in [4.69, 9.17) is 23.2 Å². The third kappa shape index (κ3) is 3.52. The van der Waals surface area contributed by atoms with Gasteiger partial charge in [0.25, 0.3) is 5.91 Å². The van der Waals surface area contributed by atoms with Crippen LogP contribution < -0.4 is 5.32 Å². The third-order valence-corrected chi connectivity index (χ3v) is 3.19. The van der Waals surface area contributed by atoms with Crippen LogP contribution in [0.25, 0.3) is 0 Å². The molecule has 0 saturated carbocycles. The van der Waals surface area contributed by atoms with Gasteiger partial charge in [0.2, 0.25) is 0 Å². The van der Waals surface area contributed by atoms with Crippen molar-refractivity contribution in [3.63, 3.8) is 0 Å². The number of aromatic amines is 1. The molecule has 0 saturated heterocycles. The first-order valence-electron chi connectivity index (χ1n) is 6.09. The molecule has 1 amide bonds. The lowest BCUT2D eigenvalue weighted by Crippen LogP contribution is -2.12. The first kappa shape index (κ1) is 14.9. The van der Waals surface area contributed by atoms with Crippen molar-refractivity contribution in [3.8, 4) is 0 Å². The standard InChI is InChI=1S/C14H15Cl2N3O/c1-14(2,3)11-7-12(19-18-11)17-13(20)8-4-9(15)6-10(16)5-8/h4-7H,1-3H3,(H2,17,18,19,20). The van der Waals surface area contributed by atoms with Gasteiger partial charge in [0.15, 0.2) is 5.82 Å². The summed E-state index contributed by atoms with van der Waals surface area (Å²) < 4.78 is 0. The molecule has 1 aromatic heterocycles. The highest BCUT2D eigenvalue weighted by atomic mass is 35.5. The molecule has 2 rings (SSSR count). The molecule has 106 valence electrons. The van der Waals surface area contributed by atoms with Crippen molar-refractivity contribution in [1.29, 1.82) is 0 Å². The number of carbonyl (C=O) groups excluding carboxylic acids is 1. The molecular weight excluding hydrogens is 297 g/mol. The van der Waals surface area contributed by atoms with E-state index >= 15 is 0 Å². The maximum atomic E-state index is 12.1. The number of nitrogens with one attached hydrogen (secondary N) is 2. The summed E-state index contributed by atoms with van der Waals surface area (Å²) >= 11 is 11.7. The Labute approximate surface area is 127 Å². The first-order chi connectivity index (χ1) is 9.25. The number of carbonyl (C=O) groups is 1. The molecule has 1 aromatic carbocycles. The van der Waals surface area contributed by atoms with Crippen molar-refractivity contribution in [1.82, 2.24) is 10.2 Å². The van der Waals surface area contributed by atoms with Gasteiger partial charge in [-0.25, -0.2) is 0 Å². The highest BCUT2D eigenvalue weighted by molar-refractivity contribution is 6.35. The van der Waals surface area contributed by atoms with Crippen molar-refractivity contribution < 1.29 is 4.79 Å². The molecule has 0 unspecified atom stereocenters. The molecule has 0 spiro atoms. The van der Waals surface area contributed by atoms with E-state index < -0.39 is 0 Å². The molecule has 2 aromatic rings. The van der Waals surface area contributed by atoms with Crippen molar-refractivity contribution in [2.24, 2.45) is 0 Å². The van der Waals surface area contributed by atoms with Gasteiger partial charge in [-0.05, 0) is 18.2 Å². The fourth-order valence-corrected chi connectivity index (χ4v) is 2.17. The Hall–Kier alpha value is -1.52. The van der Waals surface area contributed by atoms with E-state index in [1.165, 1.54) is 0 Å². The first-order valence-corrected chi connectivity index (χ1v) is 6.84. The Morgan fingerprint density at radius 3 is 2.25 bits per heavy atom. The van der Waals surface area contributed by atoms with Crippen LogP contribution in [-0.2, 0) is 5.41 Å². The molecule has 0 radical (unpaired) electrons. The Balaban J connectivity index is 2.17. The van der Waals surface area contributed by atoms with E-state index in [1.54, 1.807) is 18.2 Å². The molecule has 0 aliphatic heterocycles. The minimum atomic E-state index is -0.304. The van der Waals surface area contributed by atoms with Gasteiger partial charge in [0.05, 0.1) is 0 Å². The van der Waals surface area contributed by atoms with Gasteiger partial charge in [0, 0.05) is 32.8 Å². The van der Waals surface area contributed by atoms with E-state index in [0.29, 0.717) is 21.4 Å². The lowest BCUT2D eigenvalue weighted by atomic mass is 9.92. The van der Waals surface area contributed by atoms with Crippen molar-refractivity contribution in [2.75, 3.05) is 5.32 Å². The summed E-state index contributed by atoms with van der Waals surface area (Å²) in [6.45, 7) is 6.18. The largest absolute Gasteiger partial charge is 0.305 e. The van der Waals surface area contributed by atoms with Crippen LogP contribution in [-0.4, -0.2) is 16.1 Å². The Morgan fingerprint density at radius 1 is 1.15 bits per heavy atom. The zero-order chi connectivity index (χ0) is 14.9. The van der Waals surface area contributed by atoms with Crippen molar-refractivity contribution >= 4 is 34.9 Å². The van der Waals surface area contributed by atoms with E-state index in [2.05, 4.69) is 36.3 Å². The minimum Gasteiger partial charge on any atom is -0.305 e. The number of aromatic nitrogens is 2. The van der Waals surface area contributed by atoms with Gasteiger partial charge in [-0.1, -0.05) is 44.0 Å². The number of benzene rings is 1. The van der Waals surface area contributed by atoms with Gasteiger partial charge in [0.1, 0.15) is 0 Å². The zero-order valence-corrected chi connectivity index (χ0v) is 12.9. The lowest BCUT2D eigenvalue weighted by molar-refractivity contribution is 0.102. The van der Waals surface area contributed by atoms with Crippen LogP contribution in [0.5, 0.6) is 0 Å². The Bertz CT molecular complexity index is 624. The SMILES string of the molecule is CC(C)(C)c1cc(NC(=O)c2cc(Cl)cc(Cl)c2)n[nH]1. The van der Waals surface area contributed by atoms with E-state index in [9.17, 15) is 4.79 Å². The van der Waals surface area contributed by atoms with Crippen LogP contribution in [0.1, 0.15) is 36.8 Å². The molecule has 0 aliphatic carbocycles. The predicted octanol–water partition coefficient (Wildman–Crippen LogP) is 4.27. The maximum Gasteiger partial charge on any atom is 0.256 e. The second-order valence-corrected chi connectivity index (χ2v) is 6.40. The van der Waals surface area contributed by atoms with E-state index in [0.717, 1.165) is 5.69 Å². The van der Waals surface area contributed by atoms with Crippen LogP contribution in [0.3, 0.4) is 0 Å². The van der Waals surface area contributed by atoms with Gasteiger partial charge in [-0.3, -0.25) is 9.89 Å². The third-order valence-electron chi connectivity index (χ3n) is 2.75. The molecule has 2 N–H and O–H groups in total. The fraction of sp³-hybridized carbons (Fsp3) is 0.286. The van der Waals surface area contributed by atoms with Crippen LogP contribution in [0.15, 0.2) is 24.3 Å². The molecule has 0 fully saturated rings. The quantitative estimate of drug-likeness (QED) is 0.870. The summed E-state index contributed by atoms with van der Waals surface area (Å²) in [5.74, 6) is 0.164. The summed E-state index contributed by atoms with van der Waals surface area (Å²) in [4.78, 5) is 12.1. The Kier molecular flexibility index (Phi) is 4.06. The number of rotatable bonds is 2. The van der Waals surface area contributed by atoms with Crippen molar-refractivity contribution in [2.45, 2.75) is 26.2 Å². The zero-order valence-electron chi connectivity index (χ0n) is 11.4. The average Bonchev–Trinajstić information content (AvgIpc) is 2.75. The van der Waals surface area contributed by atoms with Gasteiger partial charge in [-0.15, -0.1) is 0 Å². The smallest absolute Gasteiger partial charge is 0.256 e. The summed E-state index contributed by atoms with van der Waals surface area (Å²) in [6.07, 6.45) is 0. The van der Waals surface area contributed by atoms with Gasteiger partial charge in [-0.2, -0.15) is 5.10 Å². The maximum absolute atomic E-state index is 12.1. The van der Waals surface area contributed by atoms with Crippen molar-refractivity contribution in [3.05, 3.63) is 45.6 Å². The summed E-state index contributed by atoms with van der Waals surface area (Å²) in [5, 5.41) is 10.5. The molecule has 1 heterocycles. The number of nitrogens with zero attached hydrogens (tertiary/aromatic N) is 1. The second-order valence-electron chi connectivity index (χ2n) is 5.53. The van der Waals surface area contributed by atoms with E-state index in [1.807, 2.05) is 6.07 Å². The highest BCUT2D eigenvalue weighted by Gasteiger charge is 2.17. The van der Waals surface area contributed by atoms with Gasteiger partial charge < -0.3 is 5.32 Å². The van der Waals surface area contributed by atoms with Crippen LogP contribution >= 0.6 is 23.2 Å². The number of halogens is 2. The Morgan fingerprint density at radius 2 is 1.75 bits per heavy atom. The average molecular weight is 312 g/mol. The highest BCUT2D eigenvalue weighted by Crippen LogP contribution is 2.23. The summed E-state index contributed by atoms with van der Waals surface area (Å²) in [7, 11) is 0. The van der Waals surface area contributed by atoms with Crippen LogP contribution in [0.4, 0.5) is 5.82 Å². The second kappa shape index (κ2) is 5.46. The molecular formula is C14H15Cl2N3O.